The van der Waals surface area contributed by atoms with Crippen LogP contribution < -0.4 is 18.9 Å². The van der Waals surface area contributed by atoms with Gasteiger partial charge in [0.2, 0.25) is 0 Å². The first kappa shape index (κ1) is 21.6. The number of hydrogen-bond acceptors (Lipinski definition) is 9. The van der Waals surface area contributed by atoms with Crippen molar-refractivity contribution in [1.82, 2.24) is 0 Å². The number of benzene rings is 1. The van der Waals surface area contributed by atoms with Gasteiger partial charge in [-0.1, -0.05) is 0 Å². The van der Waals surface area contributed by atoms with Crippen LogP contribution in [0.3, 0.4) is 0 Å². The molecule has 0 fully saturated rings. The van der Waals surface area contributed by atoms with Crippen LogP contribution in [-0.4, -0.2) is 61.5 Å². The molecule has 0 bridgehead atoms. The van der Waals surface area contributed by atoms with E-state index in [0.717, 1.165) is 18.2 Å². The van der Waals surface area contributed by atoms with Crippen molar-refractivity contribution >= 4 is 22.1 Å². The van der Waals surface area contributed by atoms with Crippen molar-refractivity contribution in [2.24, 2.45) is 0 Å². The Morgan fingerprint density at radius 2 is 1.35 bits per heavy atom. The molecule has 122 valence electrons. The molecule has 1 aromatic carbocycles. The molecular formula is C12H13LiO9S. The van der Waals surface area contributed by atoms with Crippen LogP contribution in [0, 0.1) is 0 Å². The van der Waals surface area contributed by atoms with Crippen molar-refractivity contribution in [3.8, 4) is 0 Å². The van der Waals surface area contributed by atoms with E-state index < -0.39 is 40.2 Å². The minimum absolute atomic E-state index is 0. The number of carbonyl (C=O) groups is 2. The SMILES string of the molecule is O=C(OCCO)c1cc(C(=O)OCCO)cc(S(=O)(=O)[O-])c1.[Li+]. The maximum Gasteiger partial charge on any atom is 1.00 e. The smallest absolute Gasteiger partial charge is 0.744 e. The topological polar surface area (TPSA) is 150 Å². The predicted molar refractivity (Wildman–Crippen MR) is 69.1 cm³/mol. The number of hydrogen-bond donors (Lipinski definition) is 2. The van der Waals surface area contributed by atoms with E-state index in [1.54, 1.807) is 0 Å². The number of esters is 2. The summed E-state index contributed by atoms with van der Waals surface area (Å²) in [7, 11) is -4.92. The first-order chi connectivity index (χ1) is 10.3. The van der Waals surface area contributed by atoms with E-state index >= 15 is 0 Å². The molecule has 0 saturated carbocycles. The van der Waals surface area contributed by atoms with Gasteiger partial charge in [0.25, 0.3) is 0 Å². The predicted octanol–water partition coefficient (Wildman–Crippen LogP) is -4.11. The Morgan fingerprint density at radius 3 is 1.65 bits per heavy atom. The Balaban J connectivity index is 0.00000484. The van der Waals surface area contributed by atoms with Gasteiger partial charge in [0.15, 0.2) is 0 Å². The van der Waals surface area contributed by atoms with Crippen LogP contribution in [0.4, 0.5) is 0 Å². The maximum absolute atomic E-state index is 11.6. The van der Waals surface area contributed by atoms with Gasteiger partial charge in [0, 0.05) is 0 Å². The van der Waals surface area contributed by atoms with Gasteiger partial charge >= 0.3 is 30.8 Å². The van der Waals surface area contributed by atoms with Gasteiger partial charge < -0.3 is 24.2 Å². The molecule has 0 aromatic heterocycles. The van der Waals surface area contributed by atoms with E-state index in [1.807, 2.05) is 0 Å². The summed E-state index contributed by atoms with van der Waals surface area (Å²) in [5.41, 5.74) is -0.720. The molecular weight excluding hydrogens is 327 g/mol. The largest absolute Gasteiger partial charge is 1.00 e. The number of ether oxygens (including phenoxy) is 2. The number of aliphatic hydroxyl groups is 2. The van der Waals surface area contributed by atoms with Crippen molar-refractivity contribution < 1.29 is 61.1 Å². The quantitative estimate of drug-likeness (QED) is 0.287. The molecule has 0 saturated heterocycles. The molecule has 2 N–H and O–H groups in total. The van der Waals surface area contributed by atoms with Crippen molar-refractivity contribution in [1.29, 1.82) is 0 Å². The van der Waals surface area contributed by atoms with E-state index in [9.17, 15) is 22.6 Å². The molecule has 0 unspecified atom stereocenters. The van der Waals surface area contributed by atoms with Crippen LogP contribution in [0.1, 0.15) is 20.7 Å². The number of rotatable bonds is 7. The monoisotopic (exact) mass is 340 g/mol. The zero-order chi connectivity index (χ0) is 16.8. The first-order valence-electron chi connectivity index (χ1n) is 5.96. The van der Waals surface area contributed by atoms with Crippen molar-refractivity contribution in [3.63, 3.8) is 0 Å². The van der Waals surface area contributed by atoms with Crippen LogP contribution in [-0.2, 0) is 19.6 Å². The third-order valence-electron chi connectivity index (χ3n) is 2.32. The summed E-state index contributed by atoms with van der Waals surface area (Å²) in [6.45, 7) is -1.57. The van der Waals surface area contributed by atoms with Gasteiger partial charge in [-0.05, 0) is 18.2 Å². The van der Waals surface area contributed by atoms with E-state index in [4.69, 9.17) is 10.2 Å². The molecule has 1 aromatic rings. The Kier molecular flexibility index (Phi) is 9.07. The second-order valence-corrected chi connectivity index (χ2v) is 5.30. The molecule has 0 amide bonds. The Morgan fingerprint density at radius 1 is 0.957 bits per heavy atom. The Hall–Kier alpha value is -1.41. The van der Waals surface area contributed by atoms with Gasteiger partial charge in [0.05, 0.1) is 29.2 Å². The fraction of sp³-hybridized carbons (Fsp3) is 0.333. The molecule has 23 heavy (non-hydrogen) atoms. The zero-order valence-corrected chi connectivity index (χ0v) is 13.0. The van der Waals surface area contributed by atoms with Crippen LogP contribution in [0.15, 0.2) is 23.1 Å². The summed E-state index contributed by atoms with van der Waals surface area (Å²) < 4.78 is 42.4. The first-order valence-corrected chi connectivity index (χ1v) is 7.37. The average Bonchev–Trinajstić information content (AvgIpc) is 2.48. The summed E-state index contributed by atoms with van der Waals surface area (Å²) in [6, 6.07) is 2.49. The van der Waals surface area contributed by atoms with Crippen LogP contribution >= 0.6 is 0 Å². The van der Waals surface area contributed by atoms with Crippen molar-refractivity contribution in [3.05, 3.63) is 29.3 Å². The maximum atomic E-state index is 11.6. The Labute approximate surface area is 144 Å². The van der Waals surface area contributed by atoms with E-state index in [0.29, 0.717) is 0 Å². The second-order valence-electron chi connectivity index (χ2n) is 3.92. The third-order valence-corrected chi connectivity index (χ3v) is 3.13. The van der Waals surface area contributed by atoms with Gasteiger partial charge in [-0.2, -0.15) is 0 Å². The minimum Gasteiger partial charge on any atom is -0.744 e. The standard InChI is InChI=1S/C12H14O9S.Li/c13-1-3-20-11(15)8-5-9(12(16)21-4-2-14)7-10(6-8)22(17,18)19;/h5-7,13-14H,1-4H2,(H,17,18,19);/q;+1/p-1. The van der Waals surface area contributed by atoms with Gasteiger partial charge in [-0.3, -0.25) is 0 Å². The second kappa shape index (κ2) is 9.67. The summed E-state index contributed by atoms with van der Waals surface area (Å²) in [6.07, 6.45) is 0. The molecule has 0 spiro atoms. The molecule has 9 nitrogen and oxygen atoms in total. The molecule has 0 heterocycles. The number of carbonyl (C=O) groups excluding carboxylic acids is 2. The average molecular weight is 340 g/mol. The van der Waals surface area contributed by atoms with Crippen molar-refractivity contribution in [2.75, 3.05) is 26.4 Å². The van der Waals surface area contributed by atoms with Gasteiger partial charge in [-0.25, -0.2) is 18.0 Å². The summed E-state index contributed by atoms with van der Waals surface area (Å²) in [4.78, 5) is 22.5. The van der Waals surface area contributed by atoms with Crippen molar-refractivity contribution in [2.45, 2.75) is 4.90 Å². The summed E-state index contributed by atoms with van der Waals surface area (Å²) in [5, 5.41) is 17.1. The van der Waals surface area contributed by atoms with E-state index in [1.165, 1.54) is 0 Å². The zero-order valence-electron chi connectivity index (χ0n) is 12.2. The Bertz CT molecular complexity index is 618. The van der Waals surface area contributed by atoms with Gasteiger partial charge in [-0.15, -0.1) is 0 Å². The molecule has 0 aliphatic carbocycles. The van der Waals surface area contributed by atoms with E-state index in [2.05, 4.69) is 9.47 Å². The molecule has 0 atom stereocenters. The van der Waals surface area contributed by atoms with Crippen LogP contribution in [0.2, 0.25) is 0 Å². The molecule has 0 aliphatic rings. The minimum atomic E-state index is -4.92. The molecule has 0 aliphatic heterocycles. The third kappa shape index (κ3) is 6.70. The molecule has 1 rings (SSSR count). The summed E-state index contributed by atoms with van der Waals surface area (Å²) in [5.74, 6) is -2.04. The summed E-state index contributed by atoms with van der Waals surface area (Å²) >= 11 is 0. The molecule has 11 heteroatoms. The fourth-order valence-electron chi connectivity index (χ4n) is 1.42. The normalized spacial score (nSPS) is 10.6. The van der Waals surface area contributed by atoms with E-state index in [-0.39, 0.29) is 43.2 Å². The number of aliphatic hydroxyl groups excluding tert-OH is 2. The van der Waals surface area contributed by atoms with Crippen LogP contribution in [0.25, 0.3) is 0 Å². The fourth-order valence-corrected chi connectivity index (χ4v) is 1.97. The molecule has 0 radical (unpaired) electrons. The van der Waals surface area contributed by atoms with Gasteiger partial charge in [0.1, 0.15) is 23.3 Å². The van der Waals surface area contributed by atoms with Crippen LogP contribution in [0.5, 0.6) is 0 Å².